The predicted molar refractivity (Wildman–Crippen MR) is 43.2 cm³/mol. The van der Waals surface area contributed by atoms with Gasteiger partial charge in [0.05, 0.1) is 6.10 Å². The van der Waals surface area contributed by atoms with E-state index in [2.05, 4.69) is 26.0 Å². The first-order valence-electron chi connectivity index (χ1n) is 3.38. The molecule has 1 aliphatic carbocycles. The van der Waals surface area contributed by atoms with Crippen LogP contribution >= 0.6 is 22.9 Å². The molecule has 2 aliphatic rings. The summed E-state index contributed by atoms with van der Waals surface area (Å²) < 4.78 is 2.33. The molecule has 0 amide bonds. The number of nitrogens with zero attached hydrogens (tertiary/aromatic N) is 1. The molecule has 3 unspecified atom stereocenters. The lowest BCUT2D eigenvalue weighted by atomic mass is 10.1. The molecule has 1 saturated heterocycles. The normalized spacial score (nSPS) is 50.7. The van der Waals surface area contributed by atoms with E-state index in [1.807, 2.05) is 0 Å². The highest BCUT2D eigenvalue weighted by Crippen LogP contribution is 2.39. The Morgan fingerprint density at radius 1 is 1.44 bits per heavy atom. The van der Waals surface area contributed by atoms with Crippen molar-refractivity contribution in [2.45, 2.75) is 25.0 Å². The van der Waals surface area contributed by atoms with E-state index in [0.717, 1.165) is 13.0 Å². The second-order valence-electron chi connectivity index (χ2n) is 3.03. The molecule has 3 heteroatoms. The lowest BCUT2D eigenvalue weighted by Gasteiger charge is -2.22. The first-order valence-corrected chi connectivity index (χ1v) is 4.34. The van der Waals surface area contributed by atoms with Crippen LogP contribution in [0.1, 0.15) is 12.8 Å². The van der Waals surface area contributed by atoms with Gasteiger partial charge in [-0.05, 0) is 18.8 Å². The zero-order chi connectivity index (χ0) is 6.43. The quantitative estimate of drug-likeness (QED) is 0.499. The highest BCUT2D eigenvalue weighted by Gasteiger charge is 2.42. The number of aliphatic hydroxyl groups excluding tert-OH is 1. The van der Waals surface area contributed by atoms with Crippen molar-refractivity contribution < 1.29 is 5.11 Å². The molecular weight excluding hydrogens is 229 g/mol. The Balaban J connectivity index is 2.10. The van der Waals surface area contributed by atoms with Gasteiger partial charge < -0.3 is 5.11 Å². The number of fused-ring (bicyclic) bond motifs is 2. The van der Waals surface area contributed by atoms with Crippen LogP contribution in [0.25, 0.3) is 0 Å². The number of piperidine rings is 1. The van der Waals surface area contributed by atoms with Crippen LogP contribution in [-0.2, 0) is 0 Å². The van der Waals surface area contributed by atoms with E-state index < -0.39 is 0 Å². The fourth-order valence-corrected chi connectivity index (χ4v) is 2.83. The molecule has 2 rings (SSSR count). The summed E-state index contributed by atoms with van der Waals surface area (Å²) in [7, 11) is 0. The third-order valence-electron chi connectivity index (χ3n) is 2.44. The van der Waals surface area contributed by atoms with Gasteiger partial charge in [-0.15, -0.1) is 0 Å². The third kappa shape index (κ3) is 0.897. The molecule has 0 aromatic rings. The average Bonchev–Trinajstić information content (AvgIpc) is 2.24. The minimum Gasteiger partial charge on any atom is -0.393 e. The van der Waals surface area contributed by atoms with Crippen LogP contribution in [0.3, 0.4) is 0 Å². The number of hydrogen-bond acceptors (Lipinski definition) is 2. The Kier molecular flexibility index (Phi) is 1.46. The van der Waals surface area contributed by atoms with E-state index in [9.17, 15) is 5.11 Å². The van der Waals surface area contributed by atoms with Crippen LogP contribution in [0, 0.1) is 5.92 Å². The summed E-state index contributed by atoms with van der Waals surface area (Å²) in [6.07, 6.45) is 2.25. The van der Waals surface area contributed by atoms with Crippen LogP contribution in [0.5, 0.6) is 0 Å². The number of halogens is 1. The Morgan fingerprint density at radius 3 is 2.56 bits per heavy atom. The zero-order valence-corrected chi connectivity index (χ0v) is 7.28. The summed E-state index contributed by atoms with van der Waals surface area (Å²) in [4.78, 5) is 0. The van der Waals surface area contributed by atoms with Crippen molar-refractivity contribution in [2.24, 2.45) is 5.92 Å². The summed E-state index contributed by atoms with van der Waals surface area (Å²) in [5, 5.41) is 9.31. The largest absolute Gasteiger partial charge is 0.393 e. The van der Waals surface area contributed by atoms with Crippen LogP contribution < -0.4 is 0 Å². The predicted octanol–water partition coefficient (Wildman–Crippen LogP) is 0.792. The highest BCUT2D eigenvalue weighted by atomic mass is 127. The number of aliphatic hydroxyl groups is 1. The van der Waals surface area contributed by atoms with Gasteiger partial charge in [0.15, 0.2) is 0 Å². The van der Waals surface area contributed by atoms with Crippen LogP contribution in [-0.4, -0.2) is 26.9 Å². The maximum absolute atomic E-state index is 9.31. The standard InChI is InChI=1S/C6H10INO/c7-8-3-4-1-5(8)2-6(4)9/h4-6,9H,1-3H2. The summed E-state index contributed by atoms with van der Waals surface area (Å²) in [5.41, 5.74) is 0. The molecule has 1 aliphatic heterocycles. The SMILES string of the molecule is OC1CC2CC1CN2I. The molecular formula is C6H10INO. The Morgan fingerprint density at radius 2 is 2.22 bits per heavy atom. The minimum absolute atomic E-state index is 0.0148. The molecule has 2 bridgehead atoms. The maximum atomic E-state index is 9.31. The lowest BCUT2D eigenvalue weighted by Crippen LogP contribution is -2.30. The summed E-state index contributed by atoms with van der Waals surface area (Å²) in [6.45, 7) is 1.10. The first-order chi connectivity index (χ1) is 4.27. The van der Waals surface area contributed by atoms with Gasteiger partial charge in [0.2, 0.25) is 0 Å². The van der Waals surface area contributed by atoms with E-state index in [1.54, 1.807) is 0 Å². The molecule has 0 aromatic heterocycles. The molecule has 2 nitrogen and oxygen atoms in total. The molecule has 52 valence electrons. The van der Waals surface area contributed by atoms with Crippen LogP contribution in [0.2, 0.25) is 0 Å². The van der Waals surface area contributed by atoms with Gasteiger partial charge in [0.25, 0.3) is 0 Å². The summed E-state index contributed by atoms with van der Waals surface area (Å²) >= 11 is 2.36. The fourth-order valence-electron chi connectivity index (χ4n) is 1.87. The average molecular weight is 239 g/mol. The van der Waals surface area contributed by atoms with Gasteiger partial charge in [0.1, 0.15) is 0 Å². The minimum atomic E-state index is 0.0148. The highest BCUT2D eigenvalue weighted by molar-refractivity contribution is 14.1. The molecule has 1 N–H and O–H groups in total. The van der Waals surface area contributed by atoms with Crippen LogP contribution in [0.4, 0.5) is 0 Å². The van der Waals surface area contributed by atoms with E-state index >= 15 is 0 Å². The van der Waals surface area contributed by atoms with Gasteiger partial charge in [-0.1, -0.05) is 0 Å². The van der Waals surface area contributed by atoms with Crippen molar-refractivity contribution in [1.29, 1.82) is 0 Å². The Labute approximate surface area is 68.7 Å². The van der Waals surface area contributed by atoms with Crippen LogP contribution in [0.15, 0.2) is 0 Å². The first kappa shape index (κ1) is 6.37. The summed E-state index contributed by atoms with van der Waals surface area (Å²) in [6, 6.07) is 0.686. The van der Waals surface area contributed by atoms with Crippen molar-refractivity contribution in [3.63, 3.8) is 0 Å². The zero-order valence-electron chi connectivity index (χ0n) is 5.13. The fraction of sp³-hybridized carbons (Fsp3) is 1.00. The van der Waals surface area contributed by atoms with Gasteiger partial charge in [-0.3, -0.25) is 0 Å². The van der Waals surface area contributed by atoms with Crippen molar-refractivity contribution in [1.82, 2.24) is 3.11 Å². The second kappa shape index (κ2) is 2.07. The van der Waals surface area contributed by atoms with Crippen molar-refractivity contribution in [3.8, 4) is 0 Å². The molecule has 9 heavy (non-hydrogen) atoms. The van der Waals surface area contributed by atoms with Gasteiger partial charge in [0, 0.05) is 35.5 Å². The topological polar surface area (TPSA) is 23.5 Å². The Bertz CT molecular complexity index is 112. The van der Waals surface area contributed by atoms with E-state index in [-0.39, 0.29) is 6.10 Å². The van der Waals surface area contributed by atoms with Crippen molar-refractivity contribution >= 4 is 22.9 Å². The van der Waals surface area contributed by atoms with E-state index in [0.29, 0.717) is 12.0 Å². The molecule has 1 heterocycles. The molecule has 0 spiro atoms. The molecule has 3 atom stereocenters. The lowest BCUT2D eigenvalue weighted by molar-refractivity contribution is 0.107. The van der Waals surface area contributed by atoms with E-state index in [1.165, 1.54) is 6.42 Å². The second-order valence-corrected chi connectivity index (χ2v) is 4.27. The Hall–Kier alpha value is 0.650. The van der Waals surface area contributed by atoms with Crippen molar-refractivity contribution in [3.05, 3.63) is 0 Å². The summed E-state index contributed by atoms with van der Waals surface area (Å²) in [5.74, 6) is 0.590. The molecule has 1 saturated carbocycles. The molecule has 2 fully saturated rings. The van der Waals surface area contributed by atoms with Gasteiger partial charge in [-0.2, -0.15) is 0 Å². The molecule has 0 radical (unpaired) electrons. The maximum Gasteiger partial charge on any atom is 0.0596 e. The van der Waals surface area contributed by atoms with Crippen molar-refractivity contribution in [2.75, 3.05) is 6.54 Å². The number of hydrogen-bond donors (Lipinski definition) is 1. The smallest absolute Gasteiger partial charge is 0.0596 e. The third-order valence-corrected chi connectivity index (χ3v) is 3.62. The monoisotopic (exact) mass is 239 g/mol. The number of rotatable bonds is 0. The van der Waals surface area contributed by atoms with E-state index in [4.69, 9.17) is 0 Å². The van der Waals surface area contributed by atoms with Gasteiger partial charge in [-0.25, -0.2) is 3.11 Å². The van der Waals surface area contributed by atoms with Gasteiger partial charge >= 0.3 is 0 Å². The molecule has 0 aromatic carbocycles.